The smallest absolute Gasteiger partial charge is 0.263 e. The molecule has 8 heteroatoms. The highest BCUT2D eigenvalue weighted by Gasteiger charge is 2.18. The fourth-order valence-electron chi connectivity index (χ4n) is 1.49. The van der Waals surface area contributed by atoms with E-state index in [9.17, 15) is 12.8 Å². The summed E-state index contributed by atoms with van der Waals surface area (Å²) in [6.45, 7) is 1.89. The minimum absolute atomic E-state index is 0.191. The van der Waals surface area contributed by atoms with Gasteiger partial charge in [-0.15, -0.1) is 0 Å². The van der Waals surface area contributed by atoms with E-state index in [0.717, 1.165) is 18.2 Å². The summed E-state index contributed by atoms with van der Waals surface area (Å²) < 4.78 is 39.4. The van der Waals surface area contributed by atoms with Gasteiger partial charge in [-0.25, -0.2) is 22.8 Å². The number of nitrogens with zero attached hydrogens (tertiary/aromatic N) is 2. The molecule has 0 saturated carbocycles. The molecular weight excluding hydrogens is 305 g/mol. The lowest BCUT2D eigenvalue weighted by molar-refractivity contribution is 0.599. The van der Waals surface area contributed by atoms with Crippen LogP contribution in [0.25, 0.3) is 0 Å². The van der Waals surface area contributed by atoms with Crippen LogP contribution in [0.3, 0.4) is 0 Å². The summed E-state index contributed by atoms with van der Waals surface area (Å²) in [5, 5.41) is -0.191. The first kappa shape index (κ1) is 14.7. The average Bonchev–Trinajstić information content (AvgIpc) is 2.38. The predicted molar refractivity (Wildman–Crippen MR) is 73.6 cm³/mol. The van der Waals surface area contributed by atoms with E-state index >= 15 is 0 Å². The van der Waals surface area contributed by atoms with E-state index in [0.29, 0.717) is 12.2 Å². The van der Waals surface area contributed by atoms with Crippen molar-refractivity contribution in [3.05, 3.63) is 47.3 Å². The maximum Gasteiger partial charge on any atom is 0.263 e. The molecule has 0 atom stereocenters. The second kappa shape index (κ2) is 5.72. The Labute approximate surface area is 120 Å². The average molecular weight is 316 g/mol. The fourth-order valence-corrected chi connectivity index (χ4v) is 3.05. The number of hydrogen-bond acceptors (Lipinski definition) is 4. The number of anilines is 1. The number of rotatable bonds is 4. The number of aromatic nitrogens is 2. The molecule has 0 aliphatic carbocycles. The van der Waals surface area contributed by atoms with Crippen LogP contribution in [0.15, 0.2) is 35.5 Å². The van der Waals surface area contributed by atoms with Gasteiger partial charge in [0.25, 0.3) is 10.0 Å². The number of hydrogen-bond donors (Lipinski definition) is 1. The molecule has 5 nitrogen and oxygen atoms in total. The number of nitrogens with one attached hydrogen (secondary N) is 1. The van der Waals surface area contributed by atoms with E-state index < -0.39 is 15.8 Å². The maximum absolute atomic E-state index is 12.9. The van der Waals surface area contributed by atoms with Crippen LogP contribution >= 0.6 is 11.6 Å². The zero-order valence-electron chi connectivity index (χ0n) is 10.5. The van der Waals surface area contributed by atoms with Crippen molar-refractivity contribution < 1.29 is 12.8 Å². The van der Waals surface area contributed by atoms with E-state index in [1.54, 1.807) is 0 Å². The standard InChI is InChI=1S/C12H11ClFN3O2S/c1-2-12-15-6-9(7-16-12)17-20(18,19)11-4-3-8(14)5-10(11)13/h3-7,17H,2H2,1H3. The highest BCUT2D eigenvalue weighted by molar-refractivity contribution is 7.92. The lowest BCUT2D eigenvalue weighted by Crippen LogP contribution is -2.14. The van der Waals surface area contributed by atoms with Crippen LogP contribution in [0.1, 0.15) is 12.7 Å². The van der Waals surface area contributed by atoms with E-state index in [1.807, 2.05) is 6.92 Å². The molecule has 0 fully saturated rings. The molecule has 0 unspecified atom stereocenters. The van der Waals surface area contributed by atoms with E-state index in [2.05, 4.69) is 14.7 Å². The first-order valence-electron chi connectivity index (χ1n) is 5.71. The van der Waals surface area contributed by atoms with Gasteiger partial charge in [-0.05, 0) is 18.2 Å². The van der Waals surface area contributed by atoms with Crippen LogP contribution in [0.2, 0.25) is 5.02 Å². The van der Waals surface area contributed by atoms with Crippen molar-refractivity contribution >= 4 is 27.3 Å². The second-order valence-corrected chi connectivity index (χ2v) is 5.98. The molecule has 20 heavy (non-hydrogen) atoms. The molecular formula is C12H11ClFN3O2S. The minimum Gasteiger partial charge on any atom is -0.276 e. The van der Waals surface area contributed by atoms with E-state index in [-0.39, 0.29) is 15.6 Å². The Kier molecular flexibility index (Phi) is 4.20. The van der Waals surface area contributed by atoms with Crippen LogP contribution in [0.5, 0.6) is 0 Å². The Hall–Kier alpha value is -1.73. The molecule has 1 aromatic carbocycles. The van der Waals surface area contributed by atoms with Crippen LogP contribution in [0.4, 0.5) is 10.1 Å². The van der Waals surface area contributed by atoms with Crippen molar-refractivity contribution in [2.75, 3.05) is 4.72 Å². The van der Waals surface area contributed by atoms with Gasteiger partial charge < -0.3 is 0 Å². The number of halogens is 2. The van der Waals surface area contributed by atoms with Gasteiger partial charge in [0.2, 0.25) is 0 Å². The van der Waals surface area contributed by atoms with Crippen molar-refractivity contribution in [1.82, 2.24) is 9.97 Å². The normalized spacial score (nSPS) is 11.3. The fraction of sp³-hybridized carbons (Fsp3) is 0.167. The van der Waals surface area contributed by atoms with Crippen molar-refractivity contribution in [3.8, 4) is 0 Å². The van der Waals surface area contributed by atoms with E-state index in [4.69, 9.17) is 11.6 Å². The Morgan fingerprint density at radius 3 is 2.50 bits per heavy atom. The lowest BCUT2D eigenvalue weighted by atomic mass is 10.3. The van der Waals surface area contributed by atoms with Crippen molar-refractivity contribution in [1.29, 1.82) is 0 Å². The van der Waals surface area contributed by atoms with Gasteiger partial charge in [0.1, 0.15) is 16.5 Å². The first-order chi connectivity index (χ1) is 9.42. The van der Waals surface area contributed by atoms with Gasteiger partial charge in [0, 0.05) is 6.42 Å². The predicted octanol–water partition coefficient (Wildman–Crippen LogP) is 2.63. The van der Waals surface area contributed by atoms with Crippen LogP contribution in [0, 0.1) is 5.82 Å². The molecule has 0 spiro atoms. The van der Waals surface area contributed by atoms with Crippen LogP contribution < -0.4 is 4.72 Å². The van der Waals surface area contributed by atoms with Gasteiger partial charge in [-0.2, -0.15) is 0 Å². The largest absolute Gasteiger partial charge is 0.276 e. The molecule has 1 heterocycles. The Morgan fingerprint density at radius 2 is 1.95 bits per heavy atom. The van der Waals surface area contributed by atoms with Crippen molar-refractivity contribution in [2.45, 2.75) is 18.2 Å². The zero-order chi connectivity index (χ0) is 14.8. The lowest BCUT2D eigenvalue weighted by Gasteiger charge is -2.09. The van der Waals surface area contributed by atoms with Gasteiger partial charge in [0.15, 0.2) is 0 Å². The summed E-state index contributed by atoms with van der Waals surface area (Å²) in [6.07, 6.45) is 3.37. The maximum atomic E-state index is 12.9. The van der Waals surface area contributed by atoms with Crippen molar-refractivity contribution in [3.63, 3.8) is 0 Å². The summed E-state index contributed by atoms with van der Waals surface area (Å²) in [4.78, 5) is 7.75. The molecule has 1 N–H and O–H groups in total. The van der Waals surface area contributed by atoms with Gasteiger partial charge in [-0.1, -0.05) is 18.5 Å². The second-order valence-electron chi connectivity index (χ2n) is 3.92. The summed E-state index contributed by atoms with van der Waals surface area (Å²) in [5.74, 6) is -0.00246. The number of sulfonamides is 1. The molecule has 2 aromatic rings. The molecule has 2 rings (SSSR count). The number of aryl methyl sites for hydroxylation is 1. The summed E-state index contributed by atoms with van der Waals surface area (Å²) >= 11 is 5.74. The molecule has 0 aliphatic heterocycles. The third-order valence-electron chi connectivity index (χ3n) is 2.46. The number of benzene rings is 1. The van der Waals surface area contributed by atoms with Crippen LogP contribution in [-0.4, -0.2) is 18.4 Å². The molecule has 0 aliphatic rings. The monoisotopic (exact) mass is 315 g/mol. The molecule has 0 bridgehead atoms. The van der Waals surface area contributed by atoms with E-state index in [1.165, 1.54) is 12.4 Å². The quantitative estimate of drug-likeness (QED) is 0.941. The summed E-state index contributed by atoms with van der Waals surface area (Å²) in [7, 11) is -3.91. The first-order valence-corrected chi connectivity index (χ1v) is 7.57. The van der Waals surface area contributed by atoms with Crippen LogP contribution in [-0.2, 0) is 16.4 Å². The van der Waals surface area contributed by atoms with Gasteiger partial charge in [0.05, 0.1) is 23.1 Å². The topological polar surface area (TPSA) is 72.0 Å². The van der Waals surface area contributed by atoms with Gasteiger partial charge in [-0.3, -0.25) is 4.72 Å². The highest BCUT2D eigenvalue weighted by atomic mass is 35.5. The van der Waals surface area contributed by atoms with Crippen molar-refractivity contribution in [2.24, 2.45) is 0 Å². The highest BCUT2D eigenvalue weighted by Crippen LogP contribution is 2.24. The zero-order valence-corrected chi connectivity index (χ0v) is 12.0. The minimum atomic E-state index is -3.91. The third-order valence-corrected chi connectivity index (χ3v) is 4.32. The SMILES string of the molecule is CCc1ncc(NS(=O)(=O)c2ccc(F)cc2Cl)cn1. The summed E-state index contributed by atoms with van der Waals surface area (Å²) in [5.41, 5.74) is 0.211. The molecule has 0 radical (unpaired) electrons. The Balaban J connectivity index is 2.30. The Bertz CT molecular complexity index is 720. The molecule has 1 aromatic heterocycles. The molecule has 0 saturated heterocycles. The summed E-state index contributed by atoms with van der Waals surface area (Å²) in [6, 6.07) is 3.06. The third kappa shape index (κ3) is 3.23. The Morgan fingerprint density at radius 1 is 1.30 bits per heavy atom. The molecule has 0 amide bonds. The molecule has 106 valence electrons. The van der Waals surface area contributed by atoms with Gasteiger partial charge >= 0.3 is 0 Å².